The van der Waals surface area contributed by atoms with Crippen LogP contribution in [0.25, 0.3) is 0 Å². The van der Waals surface area contributed by atoms with Crippen molar-refractivity contribution in [3.63, 3.8) is 0 Å². The maximum absolute atomic E-state index is 11.4. The van der Waals surface area contributed by atoms with Gasteiger partial charge in [0.05, 0.1) is 12.2 Å². The number of benzene rings is 1. The number of carbonyl (C=O) groups excluding carboxylic acids is 1. The predicted molar refractivity (Wildman–Crippen MR) is 81.0 cm³/mol. The number of hydrogen-bond donors (Lipinski definition) is 2. The molecule has 104 valence electrons. The first-order valence-electron chi connectivity index (χ1n) is 6.12. The third-order valence-corrected chi connectivity index (χ3v) is 3.42. The van der Waals surface area contributed by atoms with Gasteiger partial charge in [0, 0.05) is 18.8 Å². The summed E-state index contributed by atoms with van der Waals surface area (Å²) in [6, 6.07) is 7.61. The lowest BCUT2D eigenvalue weighted by Crippen LogP contribution is -2.47. The lowest BCUT2D eigenvalue weighted by molar-refractivity contribution is -0.120. The van der Waals surface area contributed by atoms with Crippen molar-refractivity contribution in [3.8, 4) is 6.19 Å². The minimum Gasteiger partial charge on any atom is -0.360 e. The lowest BCUT2D eigenvalue weighted by atomic mass is 10.2. The Morgan fingerprint density at radius 1 is 1.50 bits per heavy atom. The zero-order valence-electron chi connectivity index (χ0n) is 11.1. The molecule has 0 aromatic heterocycles. The first-order chi connectivity index (χ1) is 9.72. The van der Waals surface area contributed by atoms with Crippen molar-refractivity contribution in [2.45, 2.75) is 0 Å². The Balaban J connectivity index is 2.10. The van der Waals surface area contributed by atoms with Crippen molar-refractivity contribution < 1.29 is 4.79 Å². The average molecular weight is 289 g/mol. The molecule has 0 atom stereocenters. The third kappa shape index (κ3) is 3.65. The van der Waals surface area contributed by atoms with E-state index in [4.69, 9.17) is 5.26 Å². The summed E-state index contributed by atoms with van der Waals surface area (Å²) in [4.78, 5) is 17.7. The number of nitriles is 1. The summed E-state index contributed by atoms with van der Waals surface area (Å²) in [6.07, 6.45) is 3.70. The minimum atomic E-state index is 0.0428. The van der Waals surface area contributed by atoms with E-state index in [1.54, 1.807) is 0 Å². The van der Waals surface area contributed by atoms with E-state index in [-0.39, 0.29) is 5.91 Å². The van der Waals surface area contributed by atoms with Crippen molar-refractivity contribution in [1.29, 1.82) is 5.26 Å². The van der Waals surface area contributed by atoms with Crippen LogP contribution in [-0.4, -0.2) is 37.0 Å². The SMILES string of the molecule is CSC(=Nc1ccc(N2CCNC(=O)C2)cc1)NC#N. The van der Waals surface area contributed by atoms with Crippen LogP contribution in [0.2, 0.25) is 0 Å². The van der Waals surface area contributed by atoms with Crippen molar-refractivity contribution in [2.24, 2.45) is 4.99 Å². The number of anilines is 1. The number of piperazine rings is 1. The maximum Gasteiger partial charge on any atom is 0.239 e. The number of carbonyl (C=O) groups is 1. The van der Waals surface area contributed by atoms with Crippen molar-refractivity contribution in [1.82, 2.24) is 10.6 Å². The molecule has 1 heterocycles. The molecule has 1 saturated heterocycles. The summed E-state index contributed by atoms with van der Waals surface area (Å²) >= 11 is 1.37. The molecule has 1 aromatic carbocycles. The second-order valence-corrected chi connectivity index (χ2v) is 4.94. The molecule has 0 bridgehead atoms. The number of amidine groups is 1. The molecule has 1 aliphatic heterocycles. The van der Waals surface area contributed by atoms with Gasteiger partial charge in [-0.05, 0) is 30.5 Å². The highest BCUT2D eigenvalue weighted by atomic mass is 32.2. The highest BCUT2D eigenvalue weighted by molar-refractivity contribution is 8.13. The van der Waals surface area contributed by atoms with Gasteiger partial charge in [-0.1, -0.05) is 11.8 Å². The molecule has 0 aliphatic carbocycles. The fraction of sp³-hybridized carbons (Fsp3) is 0.308. The fourth-order valence-corrected chi connectivity index (χ4v) is 2.23. The largest absolute Gasteiger partial charge is 0.360 e. The Hall–Kier alpha value is -2.20. The van der Waals surface area contributed by atoms with E-state index in [1.165, 1.54) is 11.8 Å². The standard InChI is InChI=1S/C13H15N5OS/c1-20-13(16-9-14)17-10-2-4-11(5-3-10)18-7-6-15-12(19)8-18/h2-5H,6-8H2,1H3,(H,15,19)(H,16,17). The van der Waals surface area contributed by atoms with Gasteiger partial charge in [-0.25, -0.2) is 4.99 Å². The van der Waals surface area contributed by atoms with Gasteiger partial charge < -0.3 is 10.2 Å². The molecule has 0 saturated carbocycles. The molecule has 1 amide bonds. The van der Waals surface area contributed by atoms with Gasteiger partial charge in [0.15, 0.2) is 11.4 Å². The summed E-state index contributed by atoms with van der Waals surface area (Å²) in [6.45, 7) is 1.86. The summed E-state index contributed by atoms with van der Waals surface area (Å²) in [5.74, 6) is 0.0428. The monoisotopic (exact) mass is 289 g/mol. The van der Waals surface area contributed by atoms with E-state index < -0.39 is 0 Å². The number of amides is 1. The summed E-state index contributed by atoms with van der Waals surface area (Å²) in [5, 5.41) is 14.5. The van der Waals surface area contributed by atoms with Crippen LogP contribution in [-0.2, 0) is 4.79 Å². The molecule has 2 rings (SSSR count). The van der Waals surface area contributed by atoms with E-state index >= 15 is 0 Å². The van der Waals surface area contributed by atoms with E-state index in [1.807, 2.05) is 41.6 Å². The topological polar surface area (TPSA) is 80.5 Å². The zero-order valence-corrected chi connectivity index (χ0v) is 11.9. The smallest absolute Gasteiger partial charge is 0.239 e. The predicted octanol–water partition coefficient (Wildman–Crippen LogP) is 1.04. The zero-order chi connectivity index (χ0) is 14.4. The van der Waals surface area contributed by atoms with Crippen molar-refractivity contribution in [3.05, 3.63) is 24.3 Å². The number of aliphatic imine (C=N–C) groups is 1. The summed E-state index contributed by atoms with van der Waals surface area (Å²) in [7, 11) is 0. The Morgan fingerprint density at radius 3 is 2.85 bits per heavy atom. The molecule has 1 fully saturated rings. The number of nitrogens with zero attached hydrogens (tertiary/aromatic N) is 3. The van der Waals surface area contributed by atoms with Gasteiger partial charge in [-0.15, -0.1) is 0 Å². The molecule has 2 N–H and O–H groups in total. The van der Waals surface area contributed by atoms with Crippen molar-refractivity contribution in [2.75, 3.05) is 30.8 Å². The van der Waals surface area contributed by atoms with Gasteiger partial charge in [-0.3, -0.25) is 10.1 Å². The molecule has 0 spiro atoms. The number of hydrogen-bond acceptors (Lipinski definition) is 5. The van der Waals surface area contributed by atoms with Crippen molar-refractivity contribution >= 4 is 34.2 Å². The first-order valence-corrected chi connectivity index (χ1v) is 7.35. The molecule has 1 aliphatic rings. The van der Waals surface area contributed by atoms with Crippen LogP contribution in [0.15, 0.2) is 29.3 Å². The van der Waals surface area contributed by atoms with Crippen LogP contribution in [0.3, 0.4) is 0 Å². The van der Waals surface area contributed by atoms with Gasteiger partial charge >= 0.3 is 0 Å². The summed E-state index contributed by atoms with van der Waals surface area (Å²) in [5.41, 5.74) is 1.76. The van der Waals surface area contributed by atoms with Crippen LogP contribution < -0.4 is 15.5 Å². The molecular weight excluding hydrogens is 274 g/mol. The Morgan fingerprint density at radius 2 is 2.25 bits per heavy atom. The highest BCUT2D eigenvalue weighted by Crippen LogP contribution is 2.21. The average Bonchev–Trinajstić information content (AvgIpc) is 2.47. The number of thioether (sulfide) groups is 1. The van der Waals surface area contributed by atoms with E-state index in [0.717, 1.165) is 17.9 Å². The Bertz CT molecular complexity index is 549. The quantitative estimate of drug-likeness (QED) is 0.368. The second-order valence-electron chi connectivity index (χ2n) is 4.15. The van der Waals surface area contributed by atoms with Gasteiger partial charge in [0.2, 0.25) is 5.91 Å². The molecule has 6 nitrogen and oxygen atoms in total. The Labute approximate surface area is 121 Å². The van der Waals surface area contributed by atoms with Crippen LogP contribution in [0.1, 0.15) is 0 Å². The van der Waals surface area contributed by atoms with Crippen LogP contribution >= 0.6 is 11.8 Å². The molecule has 1 aromatic rings. The van der Waals surface area contributed by atoms with E-state index in [0.29, 0.717) is 18.3 Å². The molecular formula is C13H15N5OS. The van der Waals surface area contributed by atoms with Gasteiger partial charge in [-0.2, -0.15) is 5.26 Å². The van der Waals surface area contributed by atoms with E-state index in [9.17, 15) is 4.79 Å². The normalized spacial score (nSPS) is 15.5. The van der Waals surface area contributed by atoms with Gasteiger partial charge in [0.1, 0.15) is 0 Å². The number of rotatable bonds is 2. The molecule has 20 heavy (non-hydrogen) atoms. The van der Waals surface area contributed by atoms with Gasteiger partial charge in [0.25, 0.3) is 0 Å². The van der Waals surface area contributed by atoms with Crippen LogP contribution in [0, 0.1) is 11.5 Å². The maximum atomic E-state index is 11.4. The lowest BCUT2D eigenvalue weighted by Gasteiger charge is -2.28. The summed E-state index contributed by atoms with van der Waals surface area (Å²) < 4.78 is 0. The molecule has 0 radical (unpaired) electrons. The highest BCUT2D eigenvalue weighted by Gasteiger charge is 2.16. The minimum absolute atomic E-state index is 0.0428. The fourth-order valence-electron chi connectivity index (χ4n) is 1.89. The number of nitrogens with one attached hydrogen (secondary N) is 2. The first kappa shape index (κ1) is 14.2. The van der Waals surface area contributed by atoms with Crippen LogP contribution in [0.4, 0.5) is 11.4 Å². The Kier molecular flexibility index (Phi) is 4.85. The van der Waals surface area contributed by atoms with E-state index in [2.05, 4.69) is 15.6 Å². The molecule has 7 heteroatoms. The second kappa shape index (κ2) is 6.82. The van der Waals surface area contributed by atoms with Crippen LogP contribution in [0.5, 0.6) is 0 Å². The molecule has 0 unspecified atom stereocenters. The third-order valence-electron chi connectivity index (χ3n) is 2.84.